The van der Waals surface area contributed by atoms with Gasteiger partial charge in [-0.25, -0.2) is 0 Å². The largest absolute Gasteiger partial charge is 0.375 e. The Morgan fingerprint density at radius 1 is 1.54 bits per heavy atom. The predicted octanol–water partition coefficient (Wildman–Crippen LogP) is 0.980. The second-order valence-electron chi connectivity index (χ2n) is 4.57. The molecule has 1 fully saturated rings. The quantitative estimate of drug-likeness (QED) is 0.697. The molecule has 0 saturated carbocycles. The molecule has 1 rings (SSSR count). The minimum atomic E-state index is -0.235. The number of rotatable bonds is 2. The van der Waals surface area contributed by atoms with Gasteiger partial charge in [-0.3, -0.25) is 4.79 Å². The lowest BCUT2D eigenvalue weighted by molar-refractivity contribution is -0.129. The van der Waals surface area contributed by atoms with Gasteiger partial charge in [-0.05, 0) is 0 Å². The smallest absolute Gasteiger partial charge is 0.140 e. The summed E-state index contributed by atoms with van der Waals surface area (Å²) >= 11 is 0. The molecular weight excluding hydrogens is 166 g/mol. The third-order valence-electron chi connectivity index (χ3n) is 2.25. The average Bonchev–Trinajstić information content (AvgIpc) is 2.04. The van der Waals surface area contributed by atoms with Crippen molar-refractivity contribution in [1.82, 2.24) is 5.32 Å². The molecule has 0 aromatic carbocycles. The standard InChI is InChI=1S/C10H19NO2/c1-10(2,3)9(12)6-8-7-11-4-5-13-8/h8,11H,4-7H2,1-3H3. The Balaban J connectivity index is 2.35. The number of ketones is 1. The van der Waals surface area contributed by atoms with Crippen LogP contribution in [0.15, 0.2) is 0 Å². The van der Waals surface area contributed by atoms with Crippen molar-refractivity contribution in [3.63, 3.8) is 0 Å². The Kier molecular flexibility index (Phi) is 3.45. The number of nitrogens with one attached hydrogen (secondary N) is 1. The van der Waals surface area contributed by atoms with Crippen LogP contribution in [0.5, 0.6) is 0 Å². The van der Waals surface area contributed by atoms with Crippen molar-refractivity contribution in [3.05, 3.63) is 0 Å². The van der Waals surface area contributed by atoms with E-state index < -0.39 is 0 Å². The maximum absolute atomic E-state index is 11.6. The summed E-state index contributed by atoms with van der Waals surface area (Å²) in [5.74, 6) is 0.279. The molecule has 0 aromatic heterocycles. The third kappa shape index (κ3) is 3.44. The van der Waals surface area contributed by atoms with E-state index in [9.17, 15) is 4.79 Å². The Morgan fingerprint density at radius 3 is 2.69 bits per heavy atom. The monoisotopic (exact) mass is 185 g/mol. The molecule has 0 bridgehead atoms. The molecule has 76 valence electrons. The van der Waals surface area contributed by atoms with E-state index in [0.29, 0.717) is 6.42 Å². The first-order valence-electron chi connectivity index (χ1n) is 4.86. The third-order valence-corrected chi connectivity index (χ3v) is 2.25. The lowest BCUT2D eigenvalue weighted by atomic mass is 9.87. The Morgan fingerprint density at radius 2 is 2.23 bits per heavy atom. The molecule has 1 aliphatic heterocycles. The molecule has 0 aliphatic carbocycles. The highest BCUT2D eigenvalue weighted by atomic mass is 16.5. The molecule has 1 atom stereocenters. The molecule has 0 radical (unpaired) electrons. The van der Waals surface area contributed by atoms with Crippen LogP contribution in [-0.2, 0) is 9.53 Å². The van der Waals surface area contributed by atoms with Crippen LogP contribution < -0.4 is 5.32 Å². The highest BCUT2D eigenvalue weighted by molar-refractivity contribution is 5.84. The molecule has 3 heteroatoms. The predicted molar refractivity (Wildman–Crippen MR) is 51.7 cm³/mol. The van der Waals surface area contributed by atoms with Crippen LogP contribution in [0.4, 0.5) is 0 Å². The fraction of sp³-hybridized carbons (Fsp3) is 0.900. The summed E-state index contributed by atoms with van der Waals surface area (Å²) in [5, 5.41) is 3.21. The van der Waals surface area contributed by atoms with Crippen molar-refractivity contribution in [2.24, 2.45) is 5.41 Å². The van der Waals surface area contributed by atoms with E-state index in [0.717, 1.165) is 19.7 Å². The van der Waals surface area contributed by atoms with Gasteiger partial charge in [0, 0.05) is 24.9 Å². The van der Waals surface area contributed by atoms with E-state index in [2.05, 4.69) is 5.32 Å². The summed E-state index contributed by atoms with van der Waals surface area (Å²) in [5.41, 5.74) is -0.235. The molecule has 1 unspecified atom stereocenters. The van der Waals surface area contributed by atoms with Crippen molar-refractivity contribution in [3.8, 4) is 0 Å². The molecule has 1 saturated heterocycles. The molecule has 1 heterocycles. The maximum atomic E-state index is 11.6. The fourth-order valence-corrected chi connectivity index (χ4v) is 1.26. The van der Waals surface area contributed by atoms with Gasteiger partial charge in [0.25, 0.3) is 0 Å². The van der Waals surface area contributed by atoms with Gasteiger partial charge < -0.3 is 10.1 Å². The number of hydrogen-bond donors (Lipinski definition) is 1. The van der Waals surface area contributed by atoms with Crippen molar-refractivity contribution >= 4 is 5.78 Å². The van der Waals surface area contributed by atoms with Crippen LogP contribution in [0, 0.1) is 5.41 Å². The first-order valence-corrected chi connectivity index (χ1v) is 4.86. The SMILES string of the molecule is CC(C)(C)C(=O)CC1CNCCO1. The normalized spacial score (nSPS) is 24.4. The van der Waals surface area contributed by atoms with Gasteiger partial charge in [0.1, 0.15) is 5.78 Å². The highest BCUT2D eigenvalue weighted by Gasteiger charge is 2.25. The number of carbonyl (C=O) groups excluding carboxylic acids is 1. The Labute approximate surface area is 79.8 Å². The van der Waals surface area contributed by atoms with Crippen LogP contribution in [0.1, 0.15) is 27.2 Å². The summed E-state index contributed by atoms with van der Waals surface area (Å²) in [7, 11) is 0. The van der Waals surface area contributed by atoms with E-state index in [1.807, 2.05) is 20.8 Å². The summed E-state index contributed by atoms with van der Waals surface area (Å²) in [6.07, 6.45) is 0.622. The van der Waals surface area contributed by atoms with Crippen molar-refractivity contribution < 1.29 is 9.53 Å². The molecule has 0 spiro atoms. The van der Waals surface area contributed by atoms with Crippen molar-refractivity contribution in [1.29, 1.82) is 0 Å². The number of hydrogen-bond acceptors (Lipinski definition) is 3. The van der Waals surface area contributed by atoms with E-state index in [1.54, 1.807) is 0 Å². The second-order valence-corrected chi connectivity index (χ2v) is 4.57. The molecule has 0 aromatic rings. The van der Waals surface area contributed by atoms with Gasteiger partial charge in [0.2, 0.25) is 0 Å². The number of morpholine rings is 1. The highest BCUT2D eigenvalue weighted by Crippen LogP contribution is 2.18. The van der Waals surface area contributed by atoms with Crippen LogP contribution in [-0.4, -0.2) is 31.6 Å². The molecular formula is C10H19NO2. The summed E-state index contributed by atoms with van der Waals surface area (Å²) in [6, 6.07) is 0. The van der Waals surface area contributed by atoms with E-state index in [-0.39, 0.29) is 17.3 Å². The Hall–Kier alpha value is -0.410. The van der Waals surface area contributed by atoms with E-state index >= 15 is 0 Å². The summed E-state index contributed by atoms with van der Waals surface area (Å²) in [4.78, 5) is 11.6. The molecule has 13 heavy (non-hydrogen) atoms. The van der Waals surface area contributed by atoms with Gasteiger partial charge in [0.05, 0.1) is 12.7 Å². The van der Waals surface area contributed by atoms with Crippen molar-refractivity contribution in [2.45, 2.75) is 33.3 Å². The van der Waals surface area contributed by atoms with Gasteiger partial charge in [-0.2, -0.15) is 0 Å². The van der Waals surface area contributed by atoms with E-state index in [4.69, 9.17) is 4.74 Å². The first-order chi connectivity index (χ1) is 6.00. The molecule has 1 N–H and O–H groups in total. The number of Topliss-reactive ketones (excluding diaryl/α,β-unsaturated/α-hetero) is 1. The second kappa shape index (κ2) is 4.20. The first kappa shape index (κ1) is 10.7. The van der Waals surface area contributed by atoms with Crippen LogP contribution >= 0.6 is 0 Å². The minimum Gasteiger partial charge on any atom is -0.375 e. The van der Waals surface area contributed by atoms with E-state index in [1.165, 1.54) is 0 Å². The lowest BCUT2D eigenvalue weighted by Crippen LogP contribution is -2.41. The van der Waals surface area contributed by atoms with Crippen molar-refractivity contribution in [2.75, 3.05) is 19.7 Å². The zero-order valence-corrected chi connectivity index (χ0v) is 8.72. The number of ether oxygens (including phenoxy) is 1. The average molecular weight is 185 g/mol. The van der Waals surface area contributed by atoms with Gasteiger partial charge in [0.15, 0.2) is 0 Å². The zero-order chi connectivity index (χ0) is 9.90. The molecule has 1 aliphatic rings. The van der Waals surface area contributed by atoms with Crippen LogP contribution in [0.3, 0.4) is 0 Å². The molecule has 0 amide bonds. The van der Waals surface area contributed by atoms with Crippen LogP contribution in [0.25, 0.3) is 0 Å². The minimum absolute atomic E-state index is 0.0838. The topological polar surface area (TPSA) is 38.3 Å². The lowest BCUT2D eigenvalue weighted by Gasteiger charge is -2.26. The van der Waals surface area contributed by atoms with Crippen LogP contribution in [0.2, 0.25) is 0 Å². The van der Waals surface area contributed by atoms with Gasteiger partial charge in [-0.1, -0.05) is 20.8 Å². The van der Waals surface area contributed by atoms with Gasteiger partial charge >= 0.3 is 0 Å². The van der Waals surface area contributed by atoms with Gasteiger partial charge in [-0.15, -0.1) is 0 Å². The maximum Gasteiger partial charge on any atom is 0.140 e. The fourth-order valence-electron chi connectivity index (χ4n) is 1.26. The summed E-state index contributed by atoms with van der Waals surface area (Å²) < 4.78 is 5.46. The zero-order valence-electron chi connectivity index (χ0n) is 8.72. The number of carbonyl (C=O) groups is 1. The Bertz CT molecular complexity index is 178. The summed E-state index contributed by atoms with van der Waals surface area (Å²) in [6.45, 7) is 8.28. The molecule has 3 nitrogen and oxygen atoms in total.